The maximum Gasteiger partial charge on any atom is 0.281 e. The van der Waals surface area contributed by atoms with Crippen molar-refractivity contribution >= 4 is 27.4 Å². The maximum absolute atomic E-state index is 12.2. The Kier molecular flexibility index (Phi) is 3.81. The van der Waals surface area contributed by atoms with Crippen LogP contribution < -0.4 is 4.72 Å². The van der Waals surface area contributed by atoms with Gasteiger partial charge in [0, 0.05) is 18.8 Å². The quantitative estimate of drug-likeness (QED) is 0.876. The van der Waals surface area contributed by atoms with E-state index in [4.69, 9.17) is 11.6 Å². The van der Waals surface area contributed by atoms with Crippen molar-refractivity contribution in [1.82, 2.24) is 20.0 Å². The van der Waals surface area contributed by atoms with Crippen LogP contribution in [0.1, 0.15) is 19.0 Å². The fourth-order valence-corrected chi connectivity index (χ4v) is 3.35. The number of halogens is 1. The predicted molar refractivity (Wildman–Crippen MR) is 71.6 cm³/mol. The molecule has 7 nitrogen and oxygen atoms in total. The third-order valence-electron chi connectivity index (χ3n) is 2.49. The summed E-state index contributed by atoms with van der Waals surface area (Å²) in [6, 6.07) is 1.66. The first-order chi connectivity index (χ1) is 8.94. The van der Waals surface area contributed by atoms with E-state index in [1.54, 1.807) is 6.07 Å². The normalized spacial score (nSPS) is 11.7. The molecule has 9 heteroatoms. The van der Waals surface area contributed by atoms with Crippen molar-refractivity contribution in [2.75, 3.05) is 4.72 Å². The summed E-state index contributed by atoms with van der Waals surface area (Å²) in [6.07, 6.45) is 3.03. The summed E-state index contributed by atoms with van der Waals surface area (Å²) in [5.41, 5.74) is 0.872. The first-order valence-corrected chi connectivity index (χ1v) is 7.54. The van der Waals surface area contributed by atoms with E-state index >= 15 is 0 Å². The third-order valence-corrected chi connectivity index (χ3v) is 4.35. The number of aromatic nitrogens is 4. The molecule has 0 atom stereocenters. The van der Waals surface area contributed by atoms with Crippen molar-refractivity contribution in [1.29, 1.82) is 0 Å². The first kappa shape index (κ1) is 13.9. The van der Waals surface area contributed by atoms with Gasteiger partial charge in [0.05, 0.1) is 11.2 Å². The number of nitrogens with one attached hydrogen (secondary N) is 2. The van der Waals surface area contributed by atoms with Gasteiger partial charge in [-0.15, -0.1) is 0 Å². The van der Waals surface area contributed by atoms with E-state index in [1.807, 2.05) is 6.92 Å². The van der Waals surface area contributed by atoms with E-state index in [-0.39, 0.29) is 15.9 Å². The Bertz CT molecular complexity index is 656. The average Bonchev–Trinajstić information content (AvgIpc) is 2.86. The number of aryl methyl sites for hydroxylation is 2. The summed E-state index contributed by atoms with van der Waals surface area (Å²) in [4.78, 5) is 0. The van der Waals surface area contributed by atoms with Crippen molar-refractivity contribution in [2.45, 2.75) is 24.8 Å². The summed E-state index contributed by atoms with van der Waals surface area (Å²) in [5, 5.41) is 10.4. The third kappa shape index (κ3) is 2.90. The molecule has 0 aromatic carbocycles. The van der Waals surface area contributed by atoms with Gasteiger partial charge in [-0.3, -0.25) is 14.5 Å². The molecule has 0 saturated heterocycles. The van der Waals surface area contributed by atoms with Crippen LogP contribution in [0.4, 0.5) is 5.82 Å². The van der Waals surface area contributed by atoms with Crippen LogP contribution in [0.2, 0.25) is 5.02 Å². The lowest BCUT2D eigenvalue weighted by atomic mass is 10.2. The molecule has 2 rings (SSSR count). The summed E-state index contributed by atoms with van der Waals surface area (Å²) >= 11 is 5.82. The Morgan fingerprint density at radius 1 is 1.53 bits per heavy atom. The van der Waals surface area contributed by atoms with Crippen molar-refractivity contribution < 1.29 is 8.42 Å². The van der Waals surface area contributed by atoms with Crippen molar-refractivity contribution in [3.63, 3.8) is 0 Å². The standard InChI is InChI=1S/C10H14ClN5O2S/c1-3-4-7-5-9(14-13-7)15-19(17,18)10-8(11)6-12-16(10)2/h5-6H,3-4H2,1-2H3,(H2,13,14,15). The molecule has 0 aliphatic rings. The Balaban J connectivity index is 2.26. The van der Waals surface area contributed by atoms with Gasteiger partial charge in [0.1, 0.15) is 0 Å². The van der Waals surface area contributed by atoms with E-state index in [0.29, 0.717) is 0 Å². The van der Waals surface area contributed by atoms with Crippen LogP contribution in [0.3, 0.4) is 0 Å². The Morgan fingerprint density at radius 2 is 2.26 bits per heavy atom. The number of aromatic amines is 1. The first-order valence-electron chi connectivity index (χ1n) is 5.68. The van der Waals surface area contributed by atoms with Gasteiger partial charge in [0.15, 0.2) is 10.8 Å². The molecule has 0 radical (unpaired) electrons. The molecule has 2 N–H and O–H groups in total. The number of nitrogens with zero attached hydrogens (tertiary/aromatic N) is 3. The highest BCUT2D eigenvalue weighted by molar-refractivity contribution is 7.92. The van der Waals surface area contributed by atoms with Gasteiger partial charge in [-0.25, -0.2) is 0 Å². The molecule has 19 heavy (non-hydrogen) atoms. The zero-order valence-corrected chi connectivity index (χ0v) is 12.1. The van der Waals surface area contributed by atoms with E-state index in [9.17, 15) is 8.42 Å². The van der Waals surface area contributed by atoms with Gasteiger partial charge in [-0.2, -0.15) is 18.6 Å². The number of sulfonamides is 1. The fraction of sp³-hybridized carbons (Fsp3) is 0.400. The van der Waals surface area contributed by atoms with Crippen LogP contribution in [0.25, 0.3) is 0 Å². The minimum absolute atomic E-state index is 0.0688. The van der Waals surface area contributed by atoms with Crippen LogP contribution in [0.15, 0.2) is 17.3 Å². The van der Waals surface area contributed by atoms with Crippen LogP contribution in [-0.4, -0.2) is 28.4 Å². The SMILES string of the molecule is CCCc1cc(NS(=O)(=O)c2c(Cl)cnn2C)n[nH]1. The number of hydrogen-bond acceptors (Lipinski definition) is 4. The monoisotopic (exact) mass is 303 g/mol. The van der Waals surface area contributed by atoms with Gasteiger partial charge in [-0.05, 0) is 6.42 Å². The lowest BCUT2D eigenvalue weighted by Gasteiger charge is -2.05. The number of hydrogen-bond donors (Lipinski definition) is 2. The Labute approximate surface area is 116 Å². The molecular weight excluding hydrogens is 290 g/mol. The molecule has 0 unspecified atom stereocenters. The highest BCUT2D eigenvalue weighted by Gasteiger charge is 2.23. The van der Waals surface area contributed by atoms with Gasteiger partial charge in [0.2, 0.25) is 0 Å². The van der Waals surface area contributed by atoms with E-state index in [0.717, 1.165) is 18.5 Å². The lowest BCUT2D eigenvalue weighted by molar-refractivity contribution is 0.582. The molecule has 0 amide bonds. The number of rotatable bonds is 5. The molecule has 0 spiro atoms. The summed E-state index contributed by atoms with van der Waals surface area (Å²) < 4.78 is 27.9. The fourth-order valence-electron chi connectivity index (χ4n) is 1.70. The Hall–Kier alpha value is -1.54. The molecule has 0 saturated carbocycles. The van der Waals surface area contributed by atoms with E-state index in [2.05, 4.69) is 20.0 Å². The van der Waals surface area contributed by atoms with Crippen LogP contribution in [-0.2, 0) is 23.5 Å². The molecule has 2 aromatic rings. The molecule has 0 aliphatic carbocycles. The van der Waals surface area contributed by atoms with Gasteiger partial charge in [-0.1, -0.05) is 24.9 Å². The zero-order chi connectivity index (χ0) is 14.0. The molecule has 2 aromatic heterocycles. The van der Waals surface area contributed by atoms with Gasteiger partial charge in [0.25, 0.3) is 10.0 Å². The smallest absolute Gasteiger partial charge is 0.280 e. The summed E-state index contributed by atoms with van der Waals surface area (Å²) in [7, 11) is -2.29. The highest BCUT2D eigenvalue weighted by Crippen LogP contribution is 2.22. The van der Waals surface area contributed by atoms with Crippen LogP contribution in [0.5, 0.6) is 0 Å². The molecule has 2 heterocycles. The van der Waals surface area contributed by atoms with Crippen LogP contribution in [0, 0.1) is 0 Å². The summed E-state index contributed by atoms with van der Waals surface area (Å²) in [5.74, 6) is 0.237. The predicted octanol–water partition coefficient (Wildman–Crippen LogP) is 1.55. The second kappa shape index (κ2) is 5.22. The topological polar surface area (TPSA) is 92.7 Å². The van der Waals surface area contributed by atoms with E-state index in [1.165, 1.54) is 17.9 Å². The van der Waals surface area contributed by atoms with Crippen LogP contribution >= 0.6 is 11.6 Å². The number of H-pyrrole nitrogens is 1. The highest BCUT2D eigenvalue weighted by atomic mass is 35.5. The molecule has 0 bridgehead atoms. The second-order valence-corrected chi connectivity index (χ2v) is 6.06. The van der Waals surface area contributed by atoms with Crippen molar-refractivity contribution in [3.8, 4) is 0 Å². The van der Waals surface area contributed by atoms with Crippen molar-refractivity contribution in [2.24, 2.45) is 7.05 Å². The Morgan fingerprint density at radius 3 is 2.84 bits per heavy atom. The van der Waals surface area contributed by atoms with Gasteiger partial charge >= 0.3 is 0 Å². The summed E-state index contributed by atoms with van der Waals surface area (Å²) in [6.45, 7) is 2.03. The average molecular weight is 304 g/mol. The lowest BCUT2D eigenvalue weighted by Crippen LogP contribution is -2.17. The molecular formula is C10H14ClN5O2S. The minimum atomic E-state index is -3.80. The maximum atomic E-state index is 12.2. The zero-order valence-electron chi connectivity index (χ0n) is 10.5. The molecule has 104 valence electrons. The van der Waals surface area contributed by atoms with Gasteiger partial charge < -0.3 is 0 Å². The second-order valence-electron chi connectivity index (χ2n) is 4.06. The molecule has 0 aliphatic heterocycles. The largest absolute Gasteiger partial charge is 0.281 e. The minimum Gasteiger partial charge on any atom is -0.280 e. The van der Waals surface area contributed by atoms with E-state index < -0.39 is 10.0 Å². The number of anilines is 1. The van der Waals surface area contributed by atoms with Crippen molar-refractivity contribution in [3.05, 3.63) is 23.0 Å². The molecule has 0 fully saturated rings.